The Morgan fingerprint density at radius 2 is 1.60 bits per heavy atom. The molecule has 0 spiro atoms. The summed E-state index contributed by atoms with van der Waals surface area (Å²) in [6, 6.07) is 20.7. The van der Waals surface area contributed by atoms with E-state index in [0.717, 1.165) is 15.7 Å². The van der Waals surface area contributed by atoms with Crippen molar-refractivity contribution in [3.05, 3.63) is 111 Å². The Bertz CT molecular complexity index is 1420. The van der Waals surface area contributed by atoms with Crippen molar-refractivity contribution < 1.29 is 19.4 Å². The van der Waals surface area contributed by atoms with E-state index in [2.05, 4.69) is 10.3 Å². The van der Waals surface area contributed by atoms with Gasteiger partial charge >= 0.3 is 11.4 Å². The third-order valence-corrected chi connectivity index (χ3v) is 5.33. The largest absolute Gasteiger partial charge is 0.497 e. The first-order valence-corrected chi connectivity index (χ1v) is 10.8. The van der Waals surface area contributed by atoms with Crippen LogP contribution < -0.4 is 26.9 Å². The van der Waals surface area contributed by atoms with Crippen LogP contribution in [-0.2, 0) is 17.9 Å². The molecule has 0 unspecified atom stereocenters. The van der Waals surface area contributed by atoms with Crippen LogP contribution in [-0.4, -0.2) is 28.3 Å². The van der Waals surface area contributed by atoms with Crippen LogP contribution in [0.1, 0.15) is 11.1 Å². The van der Waals surface area contributed by atoms with Gasteiger partial charge in [0.25, 0.3) is 0 Å². The number of nitrogens with zero attached hydrogens (tertiary/aromatic N) is 3. The average Bonchev–Trinajstić information content (AvgIpc) is 2.87. The van der Waals surface area contributed by atoms with Crippen molar-refractivity contribution in [1.82, 2.24) is 14.1 Å². The number of aromatic nitrogens is 3. The Morgan fingerprint density at radius 3 is 2.29 bits per heavy atom. The number of quaternary nitrogens is 1. The van der Waals surface area contributed by atoms with Crippen molar-refractivity contribution in [1.29, 1.82) is 0 Å². The molecule has 4 aromatic rings. The molecule has 180 valence electrons. The maximum atomic E-state index is 14.0. The molecule has 0 atom stereocenters. The molecule has 1 heterocycles. The van der Waals surface area contributed by atoms with Gasteiger partial charge in [0, 0.05) is 11.8 Å². The number of hydrogen-bond donors (Lipinski definition) is 2. The van der Waals surface area contributed by atoms with Gasteiger partial charge in [-0.25, -0.2) is 23.4 Å². The van der Waals surface area contributed by atoms with E-state index in [1.165, 1.54) is 35.4 Å². The highest BCUT2D eigenvalue weighted by molar-refractivity contribution is 5.57. The third-order valence-electron chi connectivity index (χ3n) is 5.33. The molecule has 1 aromatic heterocycles. The summed E-state index contributed by atoms with van der Waals surface area (Å²) >= 11 is 0. The van der Waals surface area contributed by atoms with Crippen molar-refractivity contribution in [3.8, 4) is 5.75 Å². The molecule has 0 saturated heterocycles. The van der Waals surface area contributed by atoms with Gasteiger partial charge in [-0.2, -0.15) is 10.5 Å². The van der Waals surface area contributed by atoms with Crippen molar-refractivity contribution in [2.24, 2.45) is 0 Å². The summed E-state index contributed by atoms with van der Waals surface area (Å²) in [6.45, 7) is 0.226. The number of rotatable bonds is 9. The van der Waals surface area contributed by atoms with E-state index >= 15 is 0 Å². The van der Waals surface area contributed by atoms with Crippen LogP contribution in [0.15, 0.2) is 82.4 Å². The van der Waals surface area contributed by atoms with Gasteiger partial charge in [-0.05, 0) is 35.4 Å². The summed E-state index contributed by atoms with van der Waals surface area (Å²) in [5.74, 6) is 0.245. The lowest BCUT2D eigenvalue weighted by Gasteiger charge is -2.16. The summed E-state index contributed by atoms with van der Waals surface area (Å²) in [4.78, 5) is 35.4. The normalized spacial score (nSPS) is 10.8. The van der Waals surface area contributed by atoms with E-state index in [1.807, 2.05) is 42.5 Å². The van der Waals surface area contributed by atoms with Crippen molar-refractivity contribution in [2.75, 3.05) is 19.5 Å². The SMILES string of the molecule is CO[NH2+]c1cc(Nc2nc(=O)n(Cc3ccccc3)c(=O)n2Cc2ccc(OC)cc2)ccc1F. The first-order chi connectivity index (χ1) is 17.0. The van der Waals surface area contributed by atoms with Crippen molar-refractivity contribution in [2.45, 2.75) is 13.1 Å². The molecule has 35 heavy (non-hydrogen) atoms. The average molecular weight is 479 g/mol. The molecule has 0 bridgehead atoms. The zero-order valence-corrected chi connectivity index (χ0v) is 19.3. The second-order valence-electron chi connectivity index (χ2n) is 7.72. The molecule has 0 radical (unpaired) electrons. The van der Waals surface area contributed by atoms with Crippen LogP contribution in [0.4, 0.5) is 21.7 Å². The smallest absolute Gasteiger partial charge is 0.355 e. The van der Waals surface area contributed by atoms with E-state index < -0.39 is 17.2 Å². The zero-order valence-electron chi connectivity index (χ0n) is 19.3. The highest BCUT2D eigenvalue weighted by atomic mass is 19.1. The van der Waals surface area contributed by atoms with Gasteiger partial charge in [-0.15, -0.1) is 0 Å². The van der Waals surface area contributed by atoms with Gasteiger partial charge in [0.15, 0.2) is 11.5 Å². The minimum Gasteiger partial charge on any atom is -0.497 e. The molecule has 0 aliphatic heterocycles. The van der Waals surface area contributed by atoms with Crippen LogP contribution in [0.25, 0.3) is 0 Å². The Balaban J connectivity index is 1.77. The highest BCUT2D eigenvalue weighted by Gasteiger charge is 2.16. The minimum absolute atomic E-state index is 0.0371. The fourth-order valence-corrected chi connectivity index (χ4v) is 3.55. The van der Waals surface area contributed by atoms with Crippen LogP contribution >= 0.6 is 0 Å². The number of nitrogens with two attached hydrogens (primary N) is 1. The van der Waals surface area contributed by atoms with Gasteiger partial charge in [-0.1, -0.05) is 42.5 Å². The van der Waals surface area contributed by atoms with Gasteiger partial charge in [0.1, 0.15) is 5.75 Å². The van der Waals surface area contributed by atoms with Gasteiger partial charge < -0.3 is 10.1 Å². The fourth-order valence-electron chi connectivity index (χ4n) is 3.55. The molecule has 0 aliphatic rings. The number of halogens is 1. The van der Waals surface area contributed by atoms with Crippen LogP contribution in [0.2, 0.25) is 0 Å². The lowest BCUT2D eigenvalue weighted by atomic mass is 10.2. The summed E-state index contributed by atoms with van der Waals surface area (Å²) in [6.07, 6.45) is 0. The number of nitrogens with one attached hydrogen (secondary N) is 1. The quantitative estimate of drug-likeness (QED) is 0.282. The van der Waals surface area contributed by atoms with Gasteiger partial charge in [-0.3, -0.25) is 4.57 Å². The number of anilines is 2. The first kappa shape index (κ1) is 23.9. The monoisotopic (exact) mass is 478 g/mol. The molecule has 0 amide bonds. The molecule has 4 rings (SSSR count). The van der Waals surface area contributed by atoms with Crippen molar-refractivity contribution >= 4 is 17.3 Å². The molecule has 0 aliphatic carbocycles. The number of hydrogen-bond acceptors (Lipinski definition) is 6. The predicted molar refractivity (Wildman–Crippen MR) is 129 cm³/mol. The standard InChI is InChI=1S/C25H24FN5O4/c1-34-20-11-8-18(9-12-20)15-30-23(27-19-10-13-21(26)22(14-19)29-35-2)28-24(32)31(25(30)33)16-17-6-4-3-5-7-17/h3-14,29H,15-16H2,1-2H3,(H,27,28,32)/p+1. The second-order valence-corrected chi connectivity index (χ2v) is 7.72. The van der Waals surface area contributed by atoms with Gasteiger partial charge in [0.05, 0.1) is 27.3 Å². The molecule has 10 heteroatoms. The predicted octanol–water partition coefficient (Wildman–Crippen LogP) is 2.15. The fraction of sp³-hybridized carbons (Fsp3) is 0.160. The topological polar surface area (TPSA) is 104 Å². The Hall–Kier alpha value is -4.28. The van der Waals surface area contributed by atoms with Crippen LogP contribution in [0, 0.1) is 5.82 Å². The maximum absolute atomic E-state index is 14.0. The molecule has 0 fully saturated rings. The maximum Gasteiger partial charge on any atom is 0.355 e. The van der Waals surface area contributed by atoms with Crippen LogP contribution in [0.5, 0.6) is 5.75 Å². The van der Waals surface area contributed by atoms with E-state index in [9.17, 15) is 14.0 Å². The second kappa shape index (κ2) is 10.8. The number of benzene rings is 3. The lowest BCUT2D eigenvalue weighted by Crippen LogP contribution is -2.76. The Kier molecular flexibility index (Phi) is 7.34. The number of ether oxygens (including phenoxy) is 1. The van der Waals surface area contributed by atoms with E-state index in [1.54, 1.807) is 19.2 Å². The molecular formula is C25H25FN5O4+. The summed E-state index contributed by atoms with van der Waals surface area (Å²) in [5.41, 5.74) is 2.27. The summed E-state index contributed by atoms with van der Waals surface area (Å²) in [5, 5.41) is 2.99. The minimum atomic E-state index is -0.696. The van der Waals surface area contributed by atoms with E-state index in [0.29, 0.717) is 11.4 Å². The Labute approximate surface area is 200 Å². The van der Waals surface area contributed by atoms with E-state index in [4.69, 9.17) is 9.57 Å². The lowest BCUT2D eigenvalue weighted by molar-refractivity contribution is -0.831. The highest BCUT2D eigenvalue weighted by Crippen LogP contribution is 2.19. The van der Waals surface area contributed by atoms with Gasteiger partial charge in [0.2, 0.25) is 5.95 Å². The van der Waals surface area contributed by atoms with Crippen LogP contribution in [0.3, 0.4) is 0 Å². The molecular weight excluding hydrogens is 453 g/mol. The molecule has 3 aromatic carbocycles. The molecule has 3 N–H and O–H groups in total. The zero-order chi connectivity index (χ0) is 24.8. The summed E-state index contributed by atoms with van der Waals surface area (Å²) in [7, 11) is 2.99. The number of methoxy groups -OCH3 is 1. The van der Waals surface area contributed by atoms with E-state index in [-0.39, 0.29) is 24.7 Å². The van der Waals surface area contributed by atoms with Crippen molar-refractivity contribution in [3.63, 3.8) is 0 Å². The third kappa shape index (κ3) is 5.62. The Morgan fingerprint density at radius 1 is 0.914 bits per heavy atom. The molecule has 0 saturated carbocycles. The first-order valence-electron chi connectivity index (χ1n) is 10.8. The molecule has 9 nitrogen and oxygen atoms in total. The summed E-state index contributed by atoms with van der Waals surface area (Å²) < 4.78 is 21.7.